The maximum atomic E-state index is 12.4. The van der Waals surface area contributed by atoms with Crippen molar-refractivity contribution < 1.29 is 18.3 Å². The molecule has 0 aromatic carbocycles. The number of thiophene rings is 1. The van der Waals surface area contributed by atoms with E-state index in [1.165, 1.54) is 0 Å². The van der Waals surface area contributed by atoms with Crippen LogP contribution in [0.25, 0.3) is 0 Å². The number of piperidine rings is 1. The second-order valence-electron chi connectivity index (χ2n) is 4.14. The van der Waals surface area contributed by atoms with Gasteiger partial charge >= 0.3 is 6.18 Å². The van der Waals surface area contributed by atoms with Crippen LogP contribution in [0.5, 0.6) is 0 Å². The average Bonchev–Trinajstić information content (AvgIpc) is 2.70. The molecular weight excluding hydrogens is 253 g/mol. The molecule has 1 aliphatic heterocycles. The number of rotatable bonds is 1. The van der Waals surface area contributed by atoms with Gasteiger partial charge in [-0.1, -0.05) is 0 Å². The number of alkyl halides is 3. The molecule has 2 rings (SSSR count). The zero-order valence-electron chi connectivity index (χ0n) is 8.94. The number of nitrogens with two attached hydrogens (primary N) is 1. The summed E-state index contributed by atoms with van der Waals surface area (Å²) >= 11 is 1.05. The summed E-state index contributed by atoms with van der Waals surface area (Å²) in [5.74, 6) is 0. The smallest absolute Gasteiger partial charge is 0.391 e. The predicted octanol–water partition coefficient (Wildman–Crippen LogP) is 1.67. The van der Waals surface area contributed by atoms with E-state index in [0.29, 0.717) is 24.5 Å². The van der Waals surface area contributed by atoms with Crippen molar-refractivity contribution >= 4 is 16.3 Å². The summed E-state index contributed by atoms with van der Waals surface area (Å²) in [5, 5.41) is 11.1. The molecule has 0 bridgehead atoms. The van der Waals surface area contributed by atoms with Crippen LogP contribution in [0.2, 0.25) is 0 Å². The number of aliphatic hydroxyl groups excluding tert-OH is 1. The summed E-state index contributed by atoms with van der Waals surface area (Å²) in [6.45, 7) is 0.922. The van der Waals surface area contributed by atoms with Crippen LogP contribution in [-0.2, 0) is 6.18 Å². The van der Waals surface area contributed by atoms with Gasteiger partial charge in [-0.05, 0) is 12.5 Å². The molecule has 1 saturated heterocycles. The fourth-order valence-electron chi connectivity index (χ4n) is 1.81. The van der Waals surface area contributed by atoms with Crippen molar-refractivity contribution in [2.45, 2.75) is 24.7 Å². The topological polar surface area (TPSA) is 49.5 Å². The lowest BCUT2D eigenvalue weighted by Crippen LogP contribution is -2.51. The maximum Gasteiger partial charge on any atom is 0.417 e. The average molecular weight is 266 g/mol. The molecule has 96 valence electrons. The van der Waals surface area contributed by atoms with E-state index in [1.807, 2.05) is 0 Å². The molecule has 3 N–H and O–H groups in total. The van der Waals surface area contributed by atoms with Crippen LogP contribution in [0, 0.1) is 0 Å². The van der Waals surface area contributed by atoms with Crippen molar-refractivity contribution in [3.05, 3.63) is 17.0 Å². The van der Waals surface area contributed by atoms with Gasteiger partial charge < -0.3 is 15.7 Å². The highest BCUT2D eigenvalue weighted by molar-refractivity contribution is 7.14. The second kappa shape index (κ2) is 4.47. The van der Waals surface area contributed by atoms with Gasteiger partial charge in [0.05, 0.1) is 16.7 Å². The van der Waals surface area contributed by atoms with Crippen LogP contribution >= 0.6 is 11.3 Å². The molecule has 1 aromatic heterocycles. The Morgan fingerprint density at radius 2 is 2.18 bits per heavy atom. The maximum absolute atomic E-state index is 12.4. The number of aliphatic hydroxyl groups is 1. The molecule has 1 aromatic rings. The van der Waals surface area contributed by atoms with E-state index >= 15 is 0 Å². The quantitative estimate of drug-likeness (QED) is 0.813. The van der Waals surface area contributed by atoms with Gasteiger partial charge in [-0.2, -0.15) is 13.2 Å². The molecule has 2 heterocycles. The molecule has 0 amide bonds. The Labute approximate surface area is 101 Å². The minimum atomic E-state index is -4.30. The number of halogens is 3. The first-order valence-electron chi connectivity index (χ1n) is 5.22. The molecule has 2 unspecified atom stereocenters. The van der Waals surface area contributed by atoms with E-state index in [9.17, 15) is 18.3 Å². The summed E-state index contributed by atoms with van der Waals surface area (Å²) in [5.41, 5.74) is 5.06. The first-order chi connectivity index (χ1) is 7.88. The second-order valence-corrected chi connectivity index (χ2v) is 5.03. The molecule has 0 aliphatic carbocycles. The van der Waals surface area contributed by atoms with Gasteiger partial charge in [0, 0.05) is 24.5 Å². The normalized spacial score (nSPS) is 26.3. The summed E-state index contributed by atoms with van der Waals surface area (Å²) < 4.78 is 37.3. The van der Waals surface area contributed by atoms with E-state index in [-0.39, 0.29) is 0 Å². The van der Waals surface area contributed by atoms with Gasteiger partial charge in [0.25, 0.3) is 0 Å². The number of hydrogen-bond acceptors (Lipinski definition) is 4. The lowest BCUT2D eigenvalue weighted by molar-refractivity contribution is -0.137. The molecule has 0 radical (unpaired) electrons. The van der Waals surface area contributed by atoms with Crippen molar-refractivity contribution in [1.82, 2.24) is 0 Å². The minimum Gasteiger partial charge on any atom is -0.391 e. The summed E-state index contributed by atoms with van der Waals surface area (Å²) in [6.07, 6.45) is -4.37. The van der Waals surface area contributed by atoms with Crippen molar-refractivity contribution in [2.75, 3.05) is 18.0 Å². The van der Waals surface area contributed by atoms with Gasteiger partial charge in [0.2, 0.25) is 0 Å². The lowest BCUT2D eigenvalue weighted by Gasteiger charge is -2.34. The van der Waals surface area contributed by atoms with Crippen LogP contribution in [0.4, 0.5) is 18.2 Å². The Hall–Kier alpha value is -0.790. The first kappa shape index (κ1) is 12.7. The van der Waals surface area contributed by atoms with Gasteiger partial charge in [-0.3, -0.25) is 0 Å². The highest BCUT2D eigenvalue weighted by Gasteiger charge is 2.33. The number of hydrogen-bond donors (Lipinski definition) is 2. The fraction of sp³-hybridized carbons (Fsp3) is 0.600. The molecule has 7 heteroatoms. The standard InChI is InChI=1S/C10H13F3N2OS/c11-10(12,13)6-3-9(17-5-6)15-2-1-8(16)7(14)4-15/h3,5,7-8,16H,1-2,4,14H2. The Balaban J connectivity index is 2.11. The van der Waals surface area contributed by atoms with E-state index in [1.54, 1.807) is 4.90 Å². The summed E-state index contributed by atoms with van der Waals surface area (Å²) in [4.78, 5) is 1.79. The Bertz CT molecular complexity index is 393. The van der Waals surface area contributed by atoms with E-state index < -0.39 is 23.9 Å². The Kier molecular flexibility index (Phi) is 3.33. The SMILES string of the molecule is NC1CN(c2cc(C(F)(F)F)cs2)CCC1O. The van der Waals surface area contributed by atoms with Gasteiger partial charge in [-0.15, -0.1) is 11.3 Å². The van der Waals surface area contributed by atoms with E-state index in [0.717, 1.165) is 22.8 Å². The van der Waals surface area contributed by atoms with Gasteiger partial charge in [0.15, 0.2) is 0 Å². The van der Waals surface area contributed by atoms with Crippen LogP contribution < -0.4 is 10.6 Å². The van der Waals surface area contributed by atoms with Crippen LogP contribution in [0.1, 0.15) is 12.0 Å². The van der Waals surface area contributed by atoms with Crippen LogP contribution in [0.15, 0.2) is 11.4 Å². The third kappa shape index (κ3) is 2.72. The van der Waals surface area contributed by atoms with E-state index in [4.69, 9.17) is 5.73 Å². The molecule has 3 nitrogen and oxygen atoms in total. The third-order valence-electron chi connectivity index (χ3n) is 2.84. The molecule has 1 fully saturated rings. The fourth-order valence-corrected chi connectivity index (χ4v) is 2.77. The molecular formula is C10H13F3N2OS. The summed E-state index contributed by atoms with van der Waals surface area (Å²) in [6, 6.07) is 0.731. The zero-order valence-corrected chi connectivity index (χ0v) is 9.76. The number of anilines is 1. The minimum absolute atomic E-state index is 0.388. The molecule has 0 saturated carbocycles. The summed E-state index contributed by atoms with van der Waals surface area (Å²) in [7, 11) is 0. The van der Waals surface area contributed by atoms with Gasteiger partial charge in [-0.25, -0.2) is 0 Å². The van der Waals surface area contributed by atoms with Crippen LogP contribution in [-0.4, -0.2) is 30.3 Å². The lowest BCUT2D eigenvalue weighted by atomic mass is 10.0. The number of nitrogens with zero attached hydrogens (tertiary/aromatic N) is 1. The third-order valence-corrected chi connectivity index (χ3v) is 3.83. The monoisotopic (exact) mass is 266 g/mol. The Morgan fingerprint density at radius 1 is 1.47 bits per heavy atom. The van der Waals surface area contributed by atoms with Crippen molar-refractivity contribution in [2.24, 2.45) is 5.73 Å². The van der Waals surface area contributed by atoms with Crippen molar-refractivity contribution in [3.63, 3.8) is 0 Å². The molecule has 0 spiro atoms. The Morgan fingerprint density at radius 3 is 2.71 bits per heavy atom. The van der Waals surface area contributed by atoms with Crippen molar-refractivity contribution in [3.8, 4) is 0 Å². The molecule has 1 aliphatic rings. The predicted molar refractivity (Wildman–Crippen MR) is 60.1 cm³/mol. The van der Waals surface area contributed by atoms with Crippen molar-refractivity contribution in [1.29, 1.82) is 0 Å². The molecule has 17 heavy (non-hydrogen) atoms. The first-order valence-corrected chi connectivity index (χ1v) is 6.10. The largest absolute Gasteiger partial charge is 0.417 e. The van der Waals surface area contributed by atoms with Crippen LogP contribution in [0.3, 0.4) is 0 Å². The zero-order chi connectivity index (χ0) is 12.6. The molecule has 2 atom stereocenters. The highest BCUT2D eigenvalue weighted by atomic mass is 32.1. The van der Waals surface area contributed by atoms with Gasteiger partial charge in [0.1, 0.15) is 0 Å². The van der Waals surface area contributed by atoms with E-state index in [2.05, 4.69) is 0 Å². The highest BCUT2D eigenvalue weighted by Crippen LogP contribution is 2.36.